The molecule has 60 valence electrons. The van der Waals surface area contributed by atoms with Gasteiger partial charge >= 0.3 is 0 Å². The van der Waals surface area contributed by atoms with Crippen molar-refractivity contribution >= 4 is 5.78 Å². The summed E-state index contributed by atoms with van der Waals surface area (Å²) in [6.45, 7) is 8.04. The van der Waals surface area contributed by atoms with Gasteiger partial charge in [-0.2, -0.15) is 0 Å². The molecule has 0 aliphatic rings. The second kappa shape index (κ2) is 4.48. The number of carbonyl (C=O) groups excluding carboxylic acids is 1. The van der Waals surface area contributed by atoms with Gasteiger partial charge in [0.1, 0.15) is 5.78 Å². The maximum Gasteiger partial charge on any atom is 0.133 e. The van der Waals surface area contributed by atoms with Crippen molar-refractivity contribution in [2.24, 2.45) is 11.8 Å². The average Bonchev–Trinajstić information content (AvgIpc) is 1.81. The van der Waals surface area contributed by atoms with Crippen molar-refractivity contribution in [1.82, 2.24) is 0 Å². The van der Waals surface area contributed by atoms with E-state index in [-0.39, 0.29) is 0 Å². The Morgan fingerprint density at radius 2 is 1.90 bits per heavy atom. The molecule has 0 aliphatic carbocycles. The normalized spacial score (nSPS) is 13.7. The Kier molecular flexibility index (Phi) is 4.33. The van der Waals surface area contributed by atoms with Crippen LogP contribution in [0.1, 0.15) is 40.5 Å². The van der Waals surface area contributed by atoms with Crippen molar-refractivity contribution < 1.29 is 4.79 Å². The molecule has 0 rings (SSSR count). The zero-order valence-corrected chi connectivity index (χ0v) is 7.48. The molecule has 0 bridgehead atoms. The van der Waals surface area contributed by atoms with Crippen LogP contribution in [0.4, 0.5) is 0 Å². The Balaban J connectivity index is 3.85. The van der Waals surface area contributed by atoms with Crippen LogP contribution < -0.4 is 0 Å². The molecule has 1 unspecified atom stereocenters. The molecule has 1 atom stereocenters. The van der Waals surface area contributed by atoms with Gasteiger partial charge in [0.2, 0.25) is 0 Å². The lowest BCUT2D eigenvalue weighted by Crippen LogP contribution is -2.16. The largest absolute Gasteiger partial charge is 0.300 e. The highest BCUT2D eigenvalue weighted by atomic mass is 16.1. The van der Waals surface area contributed by atoms with Crippen LogP contribution in [0.3, 0.4) is 0 Å². The molecule has 0 heterocycles. The number of ketones is 1. The molecule has 0 aromatic heterocycles. The smallest absolute Gasteiger partial charge is 0.133 e. The predicted octanol–water partition coefficient (Wildman–Crippen LogP) is 2.65. The number of rotatable bonds is 4. The zero-order chi connectivity index (χ0) is 8.15. The van der Waals surface area contributed by atoms with Gasteiger partial charge in [-0.1, -0.05) is 27.2 Å². The van der Waals surface area contributed by atoms with E-state index in [4.69, 9.17) is 0 Å². The van der Waals surface area contributed by atoms with Crippen LogP contribution >= 0.6 is 0 Å². The third kappa shape index (κ3) is 3.00. The molecular weight excluding hydrogens is 124 g/mol. The molecule has 0 aliphatic heterocycles. The van der Waals surface area contributed by atoms with E-state index in [1.54, 1.807) is 6.92 Å². The van der Waals surface area contributed by atoms with Gasteiger partial charge in [-0.3, -0.25) is 4.79 Å². The summed E-state index contributed by atoms with van der Waals surface area (Å²) in [5.41, 5.74) is 0. The van der Waals surface area contributed by atoms with Gasteiger partial charge < -0.3 is 0 Å². The standard InChI is InChI=1S/C9H18O/c1-5-6-9(7(2)3)8(4)10/h7,9H,5-6H2,1-4H3. The molecule has 1 nitrogen and oxygen atoms in total. The Morgan fingerprint density at radius 3 is 2.00 bits per heavy atom. The van der Waals surface area contributed by atoms with Crippen molar-refractivity contribution in [3.8, 4) is 0 Å². The lowest BCUT2D eigenvalue weighted by Gasteiger charge is -2.15. The molecule has 0 saturated carbocycles. The van der Waals surface area contributed by atoms with E-state index in [2.05, 4.69) is 20.8 Å². The highest BCUT2D eigenvalue weighted by Gasteiger charge is 2.16. The van der Waals surface area contributed by atoms with Crippen LogP contribution in [0.15, 0.2) is 0 Å². The van der Waals surface area contributed by atoms with E-state index in [0.29, 0.717) is 17.6 Å². The fourth-order valence-corrected chi connectivity index (χ4v) is 1.32. The first-order valence-corrected chi connectivity index (χ1v) is 4.10. The fraction of sp³-hybridized carbons (Fsp3) is 0.889. The van der Waals surface area contributed by atoms with Crippen LogP contribution in [0, 0.1) is 11.8 Å². The van der Waals surface area contributed by atoms with Crippen molar-refractivity contribution in [2.45, 2.75) is 40.5 Å². The molecule has 0 spiro atoms. The van der Waals surface area contributed by atoms with Gasteiger partial charge in [-0.05, 0) is 19.3 Å². The van der Waals surface area contributed by atoms with E-state index < -0.39 is 0 Å². The number of hydrogen-bond acceptors (Lipinski definition) is 1. The summed E-state index contributed by atoms with van der Waals surface area (Å²) in [4.78, 5) is 11.0. The molecule has 0 aromatic rings. The van der Waals surface area contributed by atoms with E-state index in [1.807, 2.05) is 0 Å². The Morgan fingerprint density at radius 1 is 1.40 bits per heavy atom. The van der Waals surface area contributed by atoms with Crippen LogP contribution in [-0.2, 0) is 4.79 Å². The summed E-state index contributed by atoms with van der Waals surface area (Å²) in [5, 5.41) is 0. The molecule has 10 heavy (non-hydrogen) atoms. The van der Waals surface area contributed by atoms with Crippen LogP contribution in [0.5, 0.6) is 0 Å². The summed E-state index contributed by atoms with van der Waals surface area (Å²) in [6, 6.07) is 0. The minimum Gasteiger partial charge on any atom is -0.300 e. The molecule has 0 radical (unpaired) electrons. The summed E-state index contributed by atoms with van der Waals surface area (Å²) < 4.78 is 0. The lowest BCUT2D eigenvalue weighted by atomic mass is 9.88. The molecule has 0 fully saturated rings. The SMILES string of the molecule is CCCC(C(C)=O)C(C)C. The van der Waals surface area contributed by atoms with Crippen molar-refractivity contribution in [1.29, 1.82) is 0 Å². The maximum absolute atomic E-state index is 11.0. The Labute approximate surface area is 63.8 Å². The quantitative estimate of drug-likeness (QED) is 0.589. The third-order valence-electron chi connectivity index (χ3n) is 1.93. The highest BCUT2D eigenvalue weighted by molar-refractivity contribution is 5.78. The number of carbonyl (C=O) groups is 1. The first-order valence-electron chi connectivity index (χ1n) is 4.10. The third-order valence-corrected chi connectivity index (χ3v) is 1.93. The van der Waals surface area contributed by atoms with Crippen molar-refractivity contribution in [3.05, 3.63) is 0 Å². The maximum atomic E-state index is 11.0. The summed E-state index contributed by atoms with van der Waals surface area (Å²) in [5.74, 6) is 1.15. The molecule has 0 N–H and O–H groups in total. The minimum absolute atomic E-state index is 0.296. The summed E-state index contributed by atoms with van der Waals surface area (Å²) in [6.07, 6.45) is 2.16. The Bertz CT molecular complexity index is 105. The Hall–Kier alpha value is -0.330. The van der Waals surface area contributed by atoms with Gasteiger partial charge in [0.25, 0.3) is 0 Å². The van der Waals surface area contributed by atoms with Gasteiger partial charge in [-0.25, -0.2) is 0 Å². The molecule has 0 amide bonds. The molecule has 0 saturated heterocycles. The topological polar surface area (TPSA) is 17.1 Å². The first kappa shape index (κ1) is 9.67. The number of Topliss-reactive ketones (excluding diaryl/α,β-unsaturated/α-hetero) is 1. The highest BCUT2D eigenvalue weighted by Crippen LogP contribution is 2.17. The van der Waals surface area contributed by atoms with E-state index >= 15 is 0 Å². The van der Waals surface area contributed by atoms with E-state index in [1.165, 1.54) is 0 Å². The van der Waals surface area contributed by atoms with Gasteiger partial charge in [-0.15, -0.1) is 0 Å². The van der Waals surface area contributed by atoms with Crippen LogP contribution in [0.25, 0.3) is 0 Å². The van der Waals surface area contributed by atoms with Gasteiger partial charge in [0.15, 0.2) is 0 Å². The number of hydrogen-bond donors (Lipinski definition) is 0. The van der Waals surface area contributed by atoms with E-state index in [0.717, 1.165) is 12.8 Å². The van der Waals surface area contributed by atoms with Crippen molar-refractivity contribution in [2.75, 3.05) is 0 Å². The van der Waals surface area contributed by atoms with Gasteiger partial charge in [0.05, 0.1) is 0 Å². The zero-order valence-electron chi connectivity index (χ0n) is 7.48. The molecular formula is C9H18O. The predicted molar refractivity (Wildman–Crippen MR) is 43.9 cm³/mol. The average molecular weight is 142 g/mol. The summed E-state index contributed by atoms with van der Waals surface area (Å²) in [7, 11) is 0. The second-order valence-electron chi connectivity index (χ2n) is 3.25. The van der Waals surface area contributed by atoms with Crippen LogP contribution in [-0.4, -0.2) is 5.78 Å². The lowest BCUT2D eigenvalue weighted by molar-refractivity contribution is -0.122. The monoisotopic (exact) mass is 142 g/mol. The summed E-state index contributed by atoms with van der Waals surface area (Å²) >= 11 is 0. The van der Waals surface area contributed by atoms with Gasteiger partial charge in [0, 0.05) is 5.92 Å². The minimum atomic E-state index is 0.296. The van der Waals surface area contributed by atoms with E-state index in [9.17, 15) is 4.79 Å². The van der Waals surface area contributed by atoms with Crippen LogP contribution in [0.2, 0.25) is 0 Å². The molecule has 1 heteroatoms. The fourth-order valence-electron chi connectivity index (χ4n) is 1.32. The second-order valence-corrected chi connectivity index (χ2v) is 3.25. The van der Waals surface area contributed by atoms with Crippen molar-refractivity contribution in [3.63, 3.8) is 0 Å². The first-order chi connectivity index (χ1) is 4.59. The molecule has 0 aromatic carbocycles.